The van der Waals surface area contributed by atoms with Gasteiger partial charge in [0.25, 0.3) is 0 Å². The van der Waals surface area contributed by atoms with Crippen LogP contribution in [-0.4, -0.2) is 66.4 Å². The lowest BCUT2D eigenvalue weighted by Crippen LogP contribution is -2.55. The van der Waals surface area contributed by atoms with E-state index in [-0.39, 0.29) is 36.0 Å². The van der Waals surface area contributed by atoms with E-state index < -0.39 is 0 Å². The van der Waals surface area contributed by atoms with Gasteiger partial charge in [-0.05, 0) is 36.8 Å². The number of nitrogens with one attached hydrogen (secondary N) is 1. The second kappa shape index (κ2) is 11.6. The number of aliphatic imine (C=N–C) groups is 1. The van der Waals surface area contributed by atoms with Crippen molar-refractivity contribution < 1.29 is 9.53 Å². The normalized spacial score (nSPS) is 18.9. The third-order valence-electron chi connectivity index (χ3n) is 5.97. The Bertz CT molecular complexity index is 931. The van der Waals surface area contributed by atoms with E-state index >= 15 is 0 Å². The minimum absolute atomic E-state index is 0. The quantitative estimate of drug-likeness (QED) is 0.258. The van der Waals surface area contributed by atoms with E-state index in [2.05, 4.69) is 39.7 Å². The number of hydrogen-bond donors (Lipinski definition) is 1. The Morgan fingerprint density at radius 2 is 2.16 bits per heavy atom. The zero-order valence-electron chi connectivity index (χ0n) is 18.9. The van der Waals surface area contributed by atoms with Gasteiger partial charge in [-0.3, -0.25) is 14.5 Å². The topological polar surface area (TPSA) is 75.0 Å². The average Bonchev–Trinajstić information content (AvgIpc) is 3.22. The molecule has 9 heteroatoms. The third-order valence-corrected chi connectivity index (χ3v) is 5.97. The lowest BCUT2D eigenvalue weighted by molar-refractivity contribution is -0.120. The van der Waals surface area contributed by atoms with E-state index in [1.54, 1.807) is 22.8 Å². The first-order valence-electron chi connectivity index (χ1n) is 11.1. The predicted molar refractivity (Wildman–Crippen MR) is 137 cm³/mol. The van der Waals surface area contributed by atoms with Gasteiger partial charge in [-0.25, -0.2) is 0 Å². The van der Waals surface area contributed by atoms with Crippen LogP contribution >= 0.6 is 24.0 Å². The summed E-state index contributed by atoms with van der Waals surface area (Å²) in [7, 11) is 3.61. The number of nitrogens with zero attached hydrogens (tertiary/aromatic N) is 5. The summed E-state index contributed by atoms with van der Waals surface area (Å²) in [5.41, 5.74) is 3.62. The highest BCUT2D eigenvalue weighted by Gasteiger charge is 2.27. The van der Waals surface area contributed by atoms with Gasteiger partial charge in [0.05, 0.1) is 18.0 Å². The molecule has 1 saturated heterocycles. The molecule has 0 saturated carbocycles. The van der Waals surface area contributed by atoms with Crippen molar-refractivity contribution >= 4 is 41.5 Å². The second-order valence-electron chi connectivity index (χ2n) is 8.12. The number of guanidine groups is 1. The van der Waals surface area contributed by atoms with Crippen molar-refractivity contribution in [2.75, 3.05) is 44.7 Å². The highest BCUT2D eigenvalue weighted by atomic mass is 127. The maximum absolute atomic E-state index is 12.6. The Labute approximate surface area is 207 Å². The zero-order chi connectivity index (χ0) is 21.6. The maximum atomic E-state index is 12.6. The molecule has 2 aliphatic rings. The lowest BCUT2D eigenvalue weighted by Gasteiger charge is -2.35. The summed E-state index contributed by atoms with van der Waals surface area (Å²) >= 11 is 0. The molecule has 4 rings (SSSR count). The molecule has 0 spiro atoms. The van der Waals surface area contributed by atoms with Crippen LogP contribution in [0.1, 0.15) is 36.5 Å². The monoisotopic (exact) mass is 552 g/mol. The number of benzene rings is 1. The van der Waals surface area contributed by atoms with Gasteiger partial charge in [-0.2, -0.15) is 5.10 Å². The molecule has 0 bridgehead atoms. The minimum Gasteiger partial charge on any atom is -0.373 e. The number of amides is 1. The van der Waals surface area contributed by atoms with Crippen molar-refractivity contribution in [1.29, 1.82) is 0 Å². The van der Waals surface area contributed by atoms with Crippen LogP contribution in [0.4, 0.5) is 5.69 Å². The van der Waals surface area contributed by atoms with Crippen molar-refractivity contribution in [3.63, 3.8) is 0 Å². The van der Waals surface area contributed by atoms with Gasteiger partial charge in [0.15, 0.2) is 5.96 Å². The third kappa shape index (κ3) is 5.80. The van der Waals surface area contributed by atoms with Crippen LogP contribution < -0.4 is 10.2 Å². The summed E-state index contributed by atoms with van der Waals surface area (Å²) in [6.07, 6.45) is 8.13. The molecule has 1 aromatic carbocycles. The van der Waals surface area contributed by atoms with E-state index in [1.165, 1.54) is 17.5 Å². The standard InChI is InChI=1S/C23H32N6O2.HI/c1-24-23(28-12-13-29(22(30)17-28)19-15-26-27(2)16-19)25-11-6-14-31-21-10-5-8-18-7-3-4-9-20(18)21;/h3-4,7,9,15-16,21H,5-6,8,10-14,17H2,1-2H3,(H,24,25);1H. The van der Waals surface area contributed by atoms with Crippen LogP contribution in [0.15, 0.2) is 41.7 Å². The number of piperazine rings is 1. The number of carbonyl (C=O) groups is 1. The van der Waals surface area contributed by atoms with Gasteiger partial charge >= 0.3 is 0 Å². The molecule has 1 N–H and O–H groups in total. The number of aryl methyl sites for hydroxylation is 2. The van der Waals surface area contributed by atoms with Crippen LogP contribution in [0, 0.1) is 0 Å². The van der Waals surface area contributed by atoms with Gasteiger partial charge in [0.1, 0.15) is 6.54 Å². The molecule has 2 heterocycles. The second-order valence-corrected chi connectivity index (χ2v) is 8.12. The van der Waals surface area contributed by atoms with Gasteiger partial charge in [0, 0.05) is 46.5 Å². The van der Waals surface area contributed by atoms with Crippen LogP contribution in [-0.2, 0) is 23.0 Å². The van der Waals surface area contributed by atoms with Crippen molar-refractivity contribution in [2.45, 2.75) is 31.8 Å². The molecule has 1 fully saturated rings. The number of halogens is 1. The highest BCUT2D eigenvalue weighted by Crippen LogP contribution is 2.32. The van der Waals surface area contributed by atoms with E-state index in [1.807, 2.05) is 18.1 Å². The van der Waals surface area contributed by atoms with E-state index in [0.717, 1.165) is 44.0 Å². The van der Waals surface area contributed by atoms with Gasteiger partial charge < -0.3 is 19.9 Å². The molecular formula is C23H33IN6O2. The number of carbonyl (C=O) groups excluding carboxylic acids is 1. The van der Waals surface area contributed by atoms with Gasteiger partial charge in [-0.15, -0.1) is 24.0 Å². The fourth-order valence-corrected chi connectivity index (χ4v) is 4.39. The van der Waals surface area contributed by atoms with Crippen molar-refractivity contribution in [1.82, 2.24) is 20.0 Å². The molecule has 1 aromatic heterocycles. The molecule has 32 heavy (non-hydrogen) atoms. The number of ether oxygens (including phenoxy) is 1. The molecule has 1 unspecified atom stereocenters. The van der Waals surface area contributed by atoms with Gasteiger partial charge in [-0.1, -0.05) is 24.3 Å². The summed E-state index contributed by atoms with van der Waals surface area (Å²) in [5.74, 6) is 0.823. The summed E-state index contributed by atoms with van der Waals surface area (Å²) in [6.45, 7) is 3.13. The highest BCUT2D eigenvalue weighted by molar-refractivity contribution is 14.0. The molecule has 2 aromatic rings. The molecular weight excluding hydrogens is 519 g/mol. The number of hydrogen-bond acceptors (Lipinski definition) is 4. The summed E-state index contributed by atoms with van der Waals surface area (Å²) in [4.78, 5) is 20.8. The van der Waals surface area contributed by atoms with Crippen molar-refractivity contribution in [2.24, 2.45) is 12.0 Å². The lowest BCUT2D eigenvalue weighted by atomic mass is 9.89. The van der Waals surface area contributed by atoms with E-state index in [9.17, 15) is 4.79 Å². The van der Waals surface area contributed by atoms with Crippen LogP contribution in [0.3, 0.4) is 0 Å². The number of fused-ring (bicyclic) bond motifs is 1. The molecule has 1 aliphatic heterocycles. The van der Waals surface area contributed by atoms with E-state index in [0.29, 0.717) is 19.7 Å². The fraction of sp³-hybridized carbons (Fsp3) is 0.522. The van der Waals surface area contributed by atoms with Crippen molar-refractivity contribution in [3.05, 3.63) is 47.8 Å². The predicted octanol–water partition coefficient (Wildman–Crippen LogP) is 2.75. The first-order chi connectivity index (χ1) is 15.2. The minimum atomic E-state index is 0. The summed E-state index contributed by atoms with van der Waals surface area (Å²) < 4.78 is 7.90. The molecule has 1 amide bonds. The first kappa shape index (κ1) is 24.5. The number of rotatable bonds is 6. The SMILES string of the molecule is CN=C(NCCCOC1CCCc2ccccc21)N1CCN(c2cnn(C)c2)C(=O)C1.I. The van der Waals surface area contributed by atoms with Gasteiger partial charge in [0.2, 0.25) is 5.91 Å². The van der Waals surface area contributed by atoms with E-state index in [4.69, 9.17) is 4.74 Å². The van der Waals surface area contributed by atoms with Crippen LogP contribution in [0.25, 0.3) is 0 Å². The Morgan fingerprint density at radius 1 is 1.31 bits per heavy atom. The number of anilines is 1. The van der Waals surface area contributed by atoms with Crippen LogP contribution in [0.5, 0.6) is 0 Å². The number of aromatic nitrogens is 2. The Kier molecular flexibility index (Phi) is 8.92. The first-order valence-corrected chi connectivity index (χ1v) is 11.1. The van der Waals surface area contributed by atoms with Crippen LogP contribution in [0.2, 0.25) is 0 Å². The summed E-state index contributed by atoms with van der Waals surface area (Å²) in [6, 6.07) is 8.62. The Morgan fingerprint density at radius 3 is 2.91 bits per heavy atom. The Balaban J connectivity index is 0.00000289. The molecule has 1 aliphatic carbocycles. The smallest absolute Gasteiger partial charge is 0.246 e. The molecule has 0 radical (unpaired) electrons. The molecule has 8 nitrogen and oxygen atoms in total. The zero-order valence-corrected chi connectivity index (χ0v) is 21.2. The maximum Gasteiger partial charge on any atom is 0.246 e. The largest absolute Gasteiger partial charge is 0.373 e. The van der Waals surface area contributed by atoms with Crippen molar-refractivity contribution in [3.8, 4) is 0 Å². The average molecular weight is 552 g/mol. The molecule has 1 atom stereocenters. The fourth-order valence-electron chi connectivity index (χ4n) is 4.39. The summed E-state index contributed by atoms with van der Waals surface area (Å²) in [5, 5.41) is 7.55. The Hall–Kier alpha value is -2.14. The molecule has 174 valence electrons.